The molecule has 2 fully saturated rings. The van der Waals surface area contributed by atoms with Gasteiger partial charge in [0.1, 0.15) is 12.1 Å². The second-order valence-electron chi connectivity index (χ2n) is 11.2. The van der Waals surface area contributed by atoms with E-state index in [4.69, 9.17) is 27.9 Å². The quantitative estimate of drug-likeness (QED) is 0.332. The molecule has 14 heteroatoms. The van der Waals surface area contributed by atoms with Gasteiger partial charge in [-0.15, -0.1) is 0 Å². The molecule has 2 N–H and O–H groups in total. The highest BCUT2D eigenvalue weighted by molar-refractivity contribution is 7.89. The predicted molar refractivity (Wildman–Crippen MR) is 158 cm³/mol. The van der Waals surface area contributed by atoms with Gasteiger partial charge < -0.3 is 20.3 Å². The highest BCUT2D eigenvalue weighted by atomic mass is 35.5. The van der Waals surface area contributed by atoms with Crippen molar-refractivity contribution in [1.82, 2.24) is 19.8 Å². The Labute approximate surface area is 257 Å². The van der Waals surface area contributed by atoms with Crippen LogP contribution in [0.4, 0.5) is 0 Å². The van der Waals surface area contributed by atoms with Crippen LogP contribution in [0.25, 0.3) is 0 Å². The molecule has 0 bridgehead atoms. The molecule has 0 unspecified atom stereocenters. The van der Waals surface area contributed by atoms with Gasteiger partial charge in [0.25, 0.3) is 0 Å². The first-order chi connectivity index (χ1) is 19.8. The van der Waals surface area contributed by atoms with E-state index in [1.54, 1.807) is 4.90 Å². The van der Waals surface area contributed by atoms with Crippen molar-refractivity contribution in [2.24, 2.45) is 11.8 Å². The summed E-state index contributed by atoms with van der Waals surface area (Å²) in [7, 11) is -2.91. The number of likely N-dealkylation sites (tertiary alicyclic amines) is 1. The first-order valence-electron chi connectivity index (χ1n) is 14.2. The zero-order chi connectivity index (χ0) is 31.0. The number of methoxy groups -OCH3 is 1. The summed E-state index contributed by atoms with van der Waals surface area (Å²) in [5.74, 6) is -0.897. The van der Waals surface area contributed by atoms with Gasteiger partial charge >= 0.3 is 5.97 Å². The van der Waals surface area contributed by atoms with Crippen LogP contribution < -0.4 is 10.6 Å². The van der Waals surface area contributed by atoms with Crippen LogP contribution >= 0.6 is 23.2 Å². The van der Waals surface area contributed by atoms with Gasteiger partial charge in [0.05, 0.1) is 12.0 Å². The van der Waals surface area contributed by atoms with E-state index in [1.807, 2.05) is 13.8 Å². The van der Waals surface area contributed by atoms with Gasteiger partial charge in [-0.3, -0.25) is 14.4 Å². The Bertz CT molecular complexity index is 1230. The first-order valence-corrected chi connectivity index (χ1v) is 16.4. The Morgan fingerprint density at radius 1 is 1.02 bits per heavy atom. The number of halogens is 2. The fourth-order valence-corrected chi connectivity index (χ4v) is 7.66. The fraction of sp³-hybridized carbons (Fsp3) is 0.643. The average molecular weight is 648 g/mol. The van der Waals surface area contributed by atoms with E-state index in [0.29, 0.717) is 44.3 Å². The number of nitrogens with one attached hydrogen (secondary N) is 2. The van der Waals surface area contributed by atoms with Crippen molar-refractivity contribution >= 4 is 56.9 Å². The van der Waals surface area contributed by atoms with E-state index in [9.17, 15) is 27.6 Å². The van der Waals surface area contributed by atoms with Crippen LogP contribution in [-0.4, -0.2) is 86.7 Å². The van der Waals surface area contributed by atoms with E-state index in [0.717, 1.165) is 17.1 Å². The van der Waals surface area contributed by atoms with Crippen molar-refractivity contribution in [3.63, 3.8) is 0 Å². The Kier molecular flexibility index (Phi) is 12.5. The molecule has 1 aromatic carbocycles. The number of esters is 1. The van der Waals surface area contributed by atoms with Gasteiger partial charge in [-0.2, -0.15) is 4.31 Å². The van der Waals surface area contributed by atoms with Gasteiger partial charge in [-0.1, -0.05) is 37.0 Å². The molecule has 0 radical (unpaired) electrons. The standard InChI is InChI=1S/C28H40Cl2N4O7S/c1-18(2)13-25(35)31-17-19-8-11-33(12-9-19)26(36)7-6-23(28(38)41-3)32-27(37)24-5-4-10-34(24)42(39,40)22-15-20(29)14-21(30)16-22/h14-16,18-19,23-24H,4-13,17H2,1-3H3,(H,31,35)(H,32,37)/t23-,24-/m0/s1. The van der Waals surface area contributed by atoms with Gasteiger partial charge in [-0.05, 0) is 62.1 Å². The minimum atomic E-state index is -4.10. The molecule has 3 amide bonds. The first kappa shape index (κ1) is 34.1. The topological polar surface area (TPSA) is 142 Å². The molecule has 234 valence electrons. The minimum Gasteiger partial charge on any atom is -0.467 e. The Morgan fingerprint density at radius 3 is 2.26 bits per heavy atom. The summed E-state index contributed by atoms with van der Waals surface area (Å²) in [5, 5.41) is 5.87. The number of nitrogens with zero attached hydrogens (tertiary/aromatic N) is 2. The predicted octanol–water partition coefficient (Wildman–Crippen LogP) is 2.99. The lowest BCUT2D eigenvalue weighted by Gasteiger charge is -2.32. The van der Waals surface area contributed by atoms with Crippen LogP contribution in [0.5, 0.6) is 0 Å². The van der Waals surface area contributed by atoms with Crippen LogP contribution in [0.3, 0.4) is 0 Å². The third-order valence-electron chi connectivity index (χ3n) is 7.55. The molecular formula is C28H40Cl2N4O7S. The molecule has 0 spiro atoms. The summed E-state index contributed by atoms with van der Waals surface area (Å²) in [4.78, 5) is 52.2. The molecule has 2 aliphatic rings. The van der Waals surface area contributed by atoms with Crippen molar-refractivity contribution in [3.05, 3.63) is 28.2 Å². The molecule has 3 rings (SSSR count). The lowest BCUT2D eigenvalue weighted by atomic mass is 9.96. The zero-order valence-electron chi connectivity index (χ0n) is 24.2. The summed E-state index contributed by atoms with van der Waals surface area (Å²) in [5.41, 5.74) is 0. The molecule has 0 saturated carbocycles. The Morgan fingerprint density at radius 2 is 1.67 bits per heavy atom. The largest absolute Gasteiger partial charge is 0.467 e. The normalized spacial score (nSPS) is 19.0. The SMILES string of the molecule is COC(=O)[C@H](CCC(=O)N1CCC(CNC(=O)CC(C)C)CC1)NC(=O)[C@@H]1CCCN1S(=O)(=O)c1cc(Cl)cc(Cl)c1. The van der Waals surface area contributed by atoms with E-state index >= 15 is 0 Å². The smallest absolute Gasteiger partial charge is 0.328 e. The Balaban J connectivity index is 1.55. The maximum absolute atomic E-state index is 13.3. The molecule has 2 aliphatic heterocycles. The molecule has 2 saturated heterocycles. The van der Waals surface area contributed by atoms with Gasteiger partial charge in [0, 0.05) is 49.1 Å². The number of carbonyl (C=O) groups is 4. The molecule has 2 heterocycles. The summed E-state index contributed by atoms with van der Waals surface area (Å²) in [6.45, 7) is 5.77. The summed E-state index contributed by atoms with van der Waals surface area (Å²) < 4.78 is 32.6. The number of carbonyl (C=O) groups excluding carboxylic acids is 4. The zero-order valence-corrected chi connectivity index (χ0v) is 26.6. The van der Waals surface area contributed by atoms with E-state index in [2.05, 4.69) is 10.6 Å². The molecular weight excluding hydrogens is 607 g/mol. The van der Waals surface area contributed by atoms with Crippen molar-refractivity contribution < 1.29 is 32.3 Å². The lowest BCUT2D eigenvalue weighted by Crippen LogP contribution is -2.51. The van der Waals surface area contributed by atoms with Crippen molar-refractivity contribution in [2.45, 2.75) is 75.8 Å². The van der Waals surface area contributed by atoms with Crippen LogP contribution in [-0.2, 0) is 33.9 Å². The Hall–Kier alpha value is -2.41. The number of rotatable bonds is 12. The monoisotopic (exact) mass is 646 g/mol. The molecule has 0 aliphatic carbocycles. The molecule has 0 aromatic heterocycles. The summed E-state index contributed by atoms with van der Waals surface area (Å²) >= 11 is 12.0. The van der Waals surface area contributed by atoms with Crippen molar-refractivity contribution in [1.29, 1.82) is 0 Å². The third-order valence-corrected chi connectivity index (χ3v) is 9.87. The van der Waals surface area contributed by atoms with Crippen LogP contribution in [0.2, 0.25) is 10.0 Å². The van der Waals surface area contributed by atoms with Crippen molar-refractivity contribution in [2.75, 3.05) is 33.3 Å². The van der Waals surface area contributed by atoms with Crippen LogP contribution in [0, 0.1) is 11.8 Å². The summed E-state index contributed by atoms with van der Waals surface area (Å²) in [6, 6.07) is 1.78. The van der Waals surface area contributed by atoms with E-state index in [1.165, 1.54) is 25.3 Å². The van der Waals surface area contributed by atoms with Gasteiger partial charge in [-0.25, -0.2) is 13.2 Å². The van der Waals surface area contributed by atoms with Crippen LogP contribution in [0.15, 0.2) is 23.1 Å². The van der Waals surface area contributed by atoms with E-state index < -0.39 is 34.0 Å². The van der Waals surface area contributed by atoms with Gasteiger partial charge in [0.15, 0.2) is 0 Å². The lowest BCUT2D eigenvalue weighted by molar-refractivity contribution is -0.146. The number of hydrogen-bond acceptors (Lipinski definition) is 7. The molecule has 1 aromatic rings. The van der Waals surface area contributed by atoms with Crippen molar-refractivity contribution in [3.8, 4) is 0 Å². The minimum absolute atomic E-state index is 0.00350. The number of ether oxygens (including phenoxy) is 1. The highest BCUT2D eigenvalue weighted by Crippen LogP contribution is 2.30. The fourth-order valence-electron chi connectivity index (χ4n) is 5.28. The highest BCUT2D eigenvalue weighted by Gasteiger charge is 2.41. The molecule has 11 nitrogen and oxygen atoms in total. The average Bonchev–Trinajstić information content (AvgIpc) is 3.44. The van der Waals surface area contributed by atoms with E-state index in [-0.39, 0.29) is 52.6 Å². The maximum atomic E-state index is 13.3. The molecule has 2 atom stereocenters. The number of piperidine rings is 1. The summed E-state index contributed by atoms with van der Waals surface area (Å²) in [6.07, 6.45) is 2.72. The number of amides is 3. The maximum Gasteiger partial charge on any atom is 0.328 e. The number of sulfonamides is 1. The third kappa shape index (κ3) is 9.29. The second-order valence-corrected chi connectivity index (χ2v) is 14.0. The number of hydrogen-bond donors (Lipinski definition) is 2. The van der Waals surface area contributed by atoms with Crippen LogP contribution in [0.1, 0.15) is 58.8 Å². The number of benzene rings is 1. The van der Waals surface area contributed by atoms with Gasteiger partial charge in [0.2, 0.25) is 27.7 Å². The molecule has 42 heavy (non-hydrogen) atoms. The second kappa shape index (κ2) is 15.4.